The molecular weight excluding hydrogens is 279 g/mol. The van der Waals surface area contributed by atoms with E-state index in [1.54, 1.807) is 0 Å². The Morgan fingerprint density at radius 2 is 2.15 bits per heavy atom. The Bertz CT molecular complexity index is 263. The lowest BCUT2D eigenvalue weighted by molar-refractivity contribution is -0.867. The molecule has 13 heavy (non-hydrogen) atoms. The Balaban J connectivity index is 2.85. The lowest BCUT2D eigenvalue weighted by atomic mass is 10.1. The zero-order valence-electron chi connectivity index (χ0n) is 7.83. The second-order valence-electron chi connectivity index (χ2n) is 2.70. The molecule has 2 nitrogen and oxygen atoms in total. The third-order valence-corrected chi connectivity index (χ3v) is 3.35. The maximum Gasteiger partial charge on any atom is 0.519 e. The summed E-state index contributed by atoms with van der Waals surface area (Å²) in [5.74, 6) is 0. The van der Waals surface area contributed by atoms with Crippen LogP contribution in [0.2, 0.25) is 0 Å². The summed E-state index contributed by atoms with van der Waals surface area (Å²) in [6, 6.07) is 7.92. The number of benzene rings is 1. The van der Waals surface area contributed by atoms with Gasteiger partial charge in [0.15, 0.2) is 0 Å². The molecule has 0 radical (unpaired) electrons. The summed E-state index contributed by atoms with van der Waals surface area (Å²) in [7, 11) is 0. The molecule has 0 spiro atoms. The van der Waals surface area contributed by atoms with Gasteiger partial charge in [0.25, 0.3) is 0 Å². The van der Waals surface area contributed by atoms with Crippen molar-refractivity contribution in [2.75, 3.05) is 6.61 Å². The van der Waals surface area contributed by atoms with Crippen molar-refractivity contribution >= 4 is 0 Å². The molecule has 0 bridgehead atoms. The van der Waals surface area contributed by atoms with Crippen molar-refractivity contribution in [3.63, 3.8) is 0 Å². The van der Waals surface area contributed by atoms with Gasteiger partial charge in [0.05, 0.1) is 6.10 Å². The molecule has 1 atom stereocenters. The smallest absolute Gasteiger partial charge is 0.374 e. The van der Waals surface area contributed by atoms with Gasteiger partial charge in [-0.2, -0.15) is 3.44 Å². The lowest BCUT2D eigenvalue weighted by Gasteiger charge is -2.10. The number of hydrogen-bond acceptors (Lipinski definition) is 2. The van der Waals surface area contributed by atoms with Crippen LogP contribution in [0.25, 0.3) is 0 Å². The van der Waals surface area contributed by atoms with Crippen LogP contribution in [0.1, 0.15) is 25.5 Å². The Hall–Kier alpha value is -0.130. The van der Waals surface area contributed by atoms with E-state index in [0.29, 0.717) is 6.61 Å². The SMILES string of the molecule is CCO[C@@H](C)c1ccccc1[I+]O. The van der Waals surface area contributed by atoms with E-state index in [4.69, 9.17) is 4.74 Å². The third-order valence-electron chi connectivity index (χ3n) is 1.85. The number of rotatable bonds is 4. The van der Waals surface area contributed by atoms with Crippen LogP contribution >= 0.6 is 0 Å². The van der Waals surface area contributed by atoms with Crippen LogP contribution in [-0.4, -0.2) is 10.0 Å². The Morgan fingerprint density at radius 1 is 1.46 bits per heavy atom. The average Bonchev–Trinajstić information content (AvgIpc) is 2.18. The van der Waals surface area contributed by atoms with E-state index in [2.05, 4.69) is 0 Å². The molecule has 0 aliphatic heterocycles. The largest absolute Gasteiger partial charge is 0.519 e. The first-order valence-corrected chi connectivity index (χ1v) is 6.33. The first-order valence-electron chi connectivity index (χ1n) is 4.28. The van der Waals surface area contributed by atoms with E-state index in [1.165, 1.54) is 0 Å². The Kier molecular flexibility index (Phi) is 4.69. The van der Waals surface area contributed by atoms with Crippen molar-refractivity contribution in [1.82, 2.24) is 0 Å². The number of ether oxygens (including phenoxy) is 1. The predicted octanol–water partition coefficient (Wildman–Crippen LogP) is -1.05. The highest BCUT2D eigenvalue weighted by Crippen LogP contribution is 2.15. The van der Waals surface area contributed by atoms with Crippen LogP contribution in [0.3, 0.4) is 0 Å². The van der Waals surface area contributed by atoms with Crippen molar-refractivity contribution in [3.05, 3.63) is 33.4 Å². The lowest BCUT2D eigenvalue weighted by Crippen LogP contribution is -3.61. The molecule has 0 unspecified atom stereocenters. The van der Waals surface area contributed by atoms with Gasteiger partial charge in [-0.3, -0.25) is 0 Å². The first-order chi connectivity index (χ1) is 6.29. The summed E-state index contributed by atoms with van der Waals surface area (Å²) < 4.78 is 15.7. The van der Waals surface area contributed by atoms with E-state index < -0.39 is 21.6 Å². The normalized spacial score (nSPS) is 12.8. The summed E-state index contributed by atoms with van der Waals surface area (Å²) in [5, 5.41) is 0. The summed E-state index contributed by atoms with van der Waals surface area (Å²) in [5.41, 5.74) is 1.12. The average molecular weight is 293 g/mol. The van der Waals surface area contributed by atoms with E-state index >= 15 is 0 Å². The van der Waals surface area contributed by atoms with Crippen LogP contribution in [0, 0.1) is 3.57 Å². The molecule has 0 saturated heterocycles. The third kappa shape index (κ3) is 2.93. The molecule has 0 aromatic heterocycles. The maximum absolute atomic E-state index is 9.19. The molecule has 3 heteroatoms. The molecule has 1 N–H and O–H groups in total. The molecule has 1 aromatic rings. The van der Waals surface area contributed by atoms with Gasteiger partial charge in [0.2, 0.25) is 3.57 Å². The van der Waals surface area contributed by atoms with Crippen LogP contribution < -0.4 is 21.6 Å². The molecule has 0 aliphatic rings. The molecule has 0 saturated carbocycles. The molecule has 1 aromatic carbocycles. The molecule has 0 heterocycles. The molecule has 1 rings (SSSR count). The monoisotopic (exact) mass is 293 g/mol. The molecule has 0 amide bonds. The number of halogens is 1. The summed E-state index contributed by atoms with van der Waals surface area (Å²) in [4.78, 5) is 0. The van der Waals surface area contributed by atoms with Gasteiger partial charge in [-0.05, 0) is 19.9 Å². The van der Waals surface area contributed by atoms with Crippen molar-refractivity contribution in [2.24, 2.45) is 0 Å². The Labute approximate surface area is 89.7 Å². The van der Waals surface area contributed by atoms with E-state index in [9.17, 15) is 3.44 Å². The fourth-order valence-corrected chi connectivity index (χ4v) is 2.49. The highest BCUT2D eigenvalue weighted by molar-refractivity contribution is 5.16. The van der Waals surface area contributed by atoms with Crippen molar-refractivity contribution < 1.29 is 29.8 Å². The van der Waals surface area contributed by atoms with Crippen LogP contribution in [0.4, 0.5) is 0 Å². The van der Waals surface area contributed by atoms with Crippen LogP contribution in [0.5, 0.6) is 0 Å². The van der Waals surface area contributed by atoms with Gasteiger partial charge in [-0.15, -0.1) is 0 Å². The van der Waals surface area contributed by atoms with Gasteiger partial charge >= 0.3 is 21.6 Å². The topological polar surface area (TPSA) is 29.5 Å². The fourth-order valence-electron chi connectivity index (χ4n) is 1.22. The zero-order chi connectivity index (χ0) is 9.68. The van der Waals surface area contributed by atoms with E-state index in [0.717, 1.165) is 9.13 Å². The molecule has 0 aliphatic carbocycles. The first kappa shape index (κ1) is 10.9. The Morgan fingerprint density at radius 3 is 2.77 bits per heavy atom. The summed E-state index contributed by atoms with van der Waals surface area (Å²) in [6.07, 6.45) is 0.0908. The molecular formula is C10H14IO2+. The van der Waals surface area contributed by atoms with Crippen molar-refractivity contribution in [3.8, 4) is 0 Å². The van der Waals surface area contributed by atoms with Crippen LogP contribution in [-0.2, 0) is 4.74 Å². The minimum absolute atomic E-state index is 0.0908. The van der Waals surface area contributed by atoms with E-state index in [1.807, 2.05) is 38.1 Å². The van der Waals surface area contributed by atoms with Gasteiger partial charge < -0.3 is 4.74 Å². The van der Waals surface area contributed by atoms with Crippen LogP contribution in [0.15, 0.2) is 24.3 Å². The quantitative estimate of drug-likeness (QED) is 0.718. The molecule has 72 valence electrons. The highest BCUT2D eigenvalue weighted by Gasteiger charge is 2.19. The second-order valence-corrected chi connectivity index (χ2v) is 4.35. The van der Waals surface area contributed by atoms with Gasteiger partial charge in [0, 0.05) is 12.2 Å². The highest BCUT2D eigenvalue weighted by atomic mass is 127. The maximum atomic E-state index is 9.19. The minimum Gasteiger partial charge on any atom is -0.374 e. The van der Waals surface area contributed by atoms with Gasteiger partial charge in [0.1, 0.15) is 0 Å². The summed E-state index contributed by atoms with van der Waals surface area (Å²) in [6.45, 7) is 4.70. The molecule has 0 fully saturated rings. The van der Waals surface area contributed by atoms with Gasteiger partial charge in [-0.1, -0.05) is 18.2 Å². The number of hydrogen-bond donors (Lipinski definition) is 1. The zero-order valence-corrected chi connectivity index (χ0v) is 9.98. The van der Waals surface area contributed by atoms with Crippen molar-refractivity contribution in [2.45, 2.75) is 20.0 Å². The van der Waals surface area contributed by atoms with Gasteiger partial charge in [-0.25, -0.2) is 0 Å². The predicted molar refractivity (Wildman–Crippen MR) is 47.4 cm³/mol. The van der Waals surface area contributed by atoms with E-state index in [-0.39, 0.29) is 6.10 Å². The second kappa shape index (κ2) is 5.57. The fraction of sp³-hybridized carbons (Fsp3) is 0.400. The van der Waals surface area contributed by atoms with Crippen molar-refractivity contribution in [1.29, 1.82) is 0 Å². The standard InChI is InChI=1S/C10H14IO2/c1-3-13-8(2)9-6-4-5-7-10(9)11-12/h4-8,12H,3H2,1-2H3/q+1/t8-/m0/s1. The summed E-state index contributed by atoms with van der Waals surface area (Å²) >= 11 is -0.837. The minimum atomic E-state index is -0.837.